The molecule has 0 unspecified atom stereocenters. The fourth-order valence-corrected chi connectivity index (χ4v) is 1.65. The Morgan fingerprint density at radius 3 is 2.77 bits per heavy atom. The van der Waals surface area contributed by atoms with E-state index in [1.54, 1.807) is 7.11 Å². The highest BCUT2D eigenvalue weighted by atomic mass is 16.6. The Hall–Kier alpha value is -0.0951. The maximum atomic E-state index is 9.75. The molecule has 4 nitrogen and oxygen atoms in total. The molecular formula is C8H17BO4. The van der Waals surface area contributed by atoms with Gasteiger partial charge in [0, 0.05) is 13.7 Å². The molecule has 1 saturated heterocycles. The van der Waals surface area contributed by atoms with Crippen molar-refractivity contribution in [3.63, 3.8) is 0 Å². The maximum Gasteiger partial charge on any atom is 0.142 e. The molecule has 1 fully saturated rings. The van der Waals surface area contributed by atoms with E-state index >= 15 is 0 Å². The van der Waals surface area contributed by atoms with Crippen molar-refractivity contribution >= 4 is 7.85 Å². The number of ether oxygens (including phenoxy) is 3. The van der Waals surface area contributed by atoms with Crippen molar-refractivity contribution in [1.82, 2.24) is 0 Å². The highest BCUT2D eigenvalue weighted by molar-refractivity contribution is 6.11. The standard InChI is InChI=1S/C8H17BO4/c1-3-12-7-6(10)5(4-11-2)13-8(7)9/h5-8,10H,3-4,9H2,1-2H3/t5-,6+,7+,8-/m1/s1. The van der Waals surface area contributed by atoms with Crippen LogP contribution in [0.5, 0.6) is 0 Å². The maximum absolute atomic E-state index is 9.75. The molecule has 0 radical (unpaired) electrons. The third-order valence-electron chi connectivity index (χ3n) is 2.26. The van der Waals surface area contributed by atoms with Gasteiger partial charge in [0.2, 0.25) is 0 Å². The van der Waals surface area contributed by atoms with Gasteiger partial charge in [0.1, 0.15) is 26.2 Å². The molecule has 0 aliphatic carbocycles. The monoisotopic (exact) mass is 188 g/mol. The molecule has 1 aliphatic rings. The first-order chi connectivity index (χ1) is 6.20. The summed E-state index contributed by atoms with van der Waals surface area (Å²) in [5.41, 5.74) is 0. The fourth-order valence-electron chi connectivity index (χ4n) is 1.65. The van der Waals surface area contributed by atoms with E-state index in [1.165, 1.54) is 0 Å². The second-order valence-electron chi connectivity index (χ2n) is 3.25. The Morgan fingerprint density at radius 2 is 2.23 bits per heavy atom. The smallest absolute Gasteiger partial charge is 0.142 e. The van der Waals surface area contributed by atoms with E-state index in [0.717, 1.165) is 0 Å². The van der Waals surface area contributed by atoms with E-state index in [-0.39, 0.29) is 18.2 Å². The van der Waals surface area contributed by atoms with Crippen LogP contribution in [0.15, 0.2) is 0 Å². The van der Waals surface area contributed by atoms with Gasteiger partial charge < -0.3 is 19.3 Å². The van der Waals surface area contributed by atoms with Gasteiger partial charge in [0.15, 0.2) is 0 Å². The minimum Gasteiger partial charge on any atom is -0.388 e. The molecule has 1 heterocycles. The average Bonchev–Trinajstić information content (AvgIpc) is 2.34. The van der Waals surface area contributed by atoms with Crippen molar-refractivity contribution in [2.24, 2.45) is 0 Å². The zero-order chi connectivity index (χ0) is 9.84. The summed E-state index contributed by atoms with van der Waals surface area (Å²) in [6.45, 7) is 2.91. The second-order valence-corrected chi connectivity index (χ2v) is 3.25. The highest BCUT2D eigenvalue weighted by Gasteiger charge is 2.41. The summed E-state index contributed by atoms with van der Waals surface area (Å²) in [7, 11) is 3.49. The van der Waals surface area contributed by atoms with Gasteiger partial charge >= 0.3 is 0 Å². The lowest BCUT2D eigenvalue weighted by atomic mass is 9.93. The van der Waals surface area contributed by atoms with E-state index < -0.39 is 6.10 Å². The Bertz CT molecular complexity index is 155. The van der Waals surface area contributed by atoms with E-state index in [2.05, 4.69) is 0 Å². The van der Waals surface area contributed by atoms with Crippen molar-refractivity contribution < 1.29 is 19.3 Å². The number of methoxy groups -OCH3 is 1. The molecular weight excluding hydrogens is 171 g/mol. The zero-order valence-electron chi connectivity index (χ0n) is 8.40. The van der Waals surface area contributed by atoms with Crippen molar-refractivity contribution in [3.8, 4) is 0 Å². The van der Waals surface area contributed by atoms with Crippen LogP contribution in [0.3, 0.4) is 0 Å². The second kappa shape index (κ2) is 4.95. The van der Waals surface area contributed by atoms with Gasteiger partial charge in [-0.15, -0.1) is 0 Å². The summed E-state index contributed by atoms with van der Waals surface area (Å²) in [6.07, 6.45) is -1.04. The Kier molecular flexibility index (Phi) is 4.19. The van der Waals surface area contributed by atoms with Gasteiger partial charge in [-0.2, -0.15) is 0 Å². The van der Waals surface area contributed by atoms with Crippen LogP contribution in [0.2, 0.25) is 0 Å². The topological polar surface area (TPSA) is 47.9 Å². The third-order valence-corrected chi connectivity index (χ3v) is 2.26. The van der Waals surface area contributed by atoms with Crippen LogP contribution >= 0.6 is 0 Å². The molecule has 1 aliphatic heterocycles. The minimum atomic E-state index is -0.574. The number of hydrogen-bond acceptors (Lipinski definition) is 4. The lowest BCUT2D eigenvalue weighted by molar-refractivity contribution is -0.0312. The molecule has 0 saturated carbocycles. The van der Waals surface area contributed by atoms with E-state index in [0.29, 0.717) is 13.2 Å². The van der Waals surface area contributed by atoms with Crippen molar-refractivity contribution in [2.45, 2.75) is 31.2 Å². The first-order valence-electron chi connectivity index (χ1n) is 4.64. The fraction of sp³-hybridized carbons (Fsp3) is 1.00. The van der Waals surface area contributed by atoms with Crippen LogP contribution in [-0.2, 0) is 14.2 Å². The predicted molar refractivity (Wildman–Crippen MR) is 50.5 cm³/mol. The summed E-state index contributed by atoms with van der Waals surface area (Å²) < 4.78 is 15.8. The van der Waals surface area contributed by atoms with Gasteiger partial charge in [-0.05, 0) is 6.92 Å². The summed E-state index contributed by atoms with van der Waals surface area (Å²) in [6, 6.07) is -0.0601. The van der Waals surface area contributed by atoms with Gasteiger partial charge in [-0.3, -0.25) is 0 Å². The molecule has 13 heavy (non-hydrogen) atoms. The third kappa shape index (κ3) is 2.43. The Labute approximate surface area is 79.6 Å². The van der Waals surface area contributed by atoms with Crippen LogP contribution in [0.1, 0.15) is 6.92 Å². The molecule has 1 N–H and O–H groups in total. The number of hydrogen-bond donors (Lipinski definition) is 1. The van der Waals surface area contributed by atoms with Crippen LogP contribution < -0.4 is 0 Å². The largest absolute Gasteiger partial charge is 0.388 e. The van der Waals surface area contributed by atoms with Gasteiger partial charge in [-0.1, -0.05) is 0 Å². The van der Waals surface area contributed by atoms with Crippen molar-refractivity contribution in [1.29, 1.82) is 0 Å². The predicted octanol–water partition coefficient (Wildman–Crippen LogP) is -1.24. The Balaban J connectivity index is 2.48. The lowest BCUT2D eigenvalue weighted by Crippen LogP contribution is -2.36. The molecule has 1 rings (SSSR count). The summed E-state index contributed by atoms with van der Waals surface area (Å²) >= 11 is 0. The molecule has 0 aromatic rings. The van der Waals surface area contributed by atoms with Crippen molar-refractivity contribution in [3.05, 3.63) is 0 Å². The lowest BCUT2D eigenvalue weighted by Gasteiger charge is -2.17. The van der Waals surface area contributed by atoms with E-state index in [9.17, 15) is 5.11 Å². The average molecular weight is 188 g/mol. The summed E-state index contributed by atoms with van der Waals surface area (Å²) in [4.78, 5) is 0. The molecule has 76 valence electrons. The highest BCUT2D eigenvalue weighted by Crippen LogP contribution is 2.22. The first-order valence-corrected chi connectivity index (χ1v) is 4.64. The molecule has 5 heteroatoms. The van der Waals surface area contributed by atoms with E-state index in [4.69, 9.17) is 14.2 Å². The minimum absolute atomic E-state index is 0.0601. The van der Waals surface area contributed by atoms with Gasteiger partial charge in [0.05, 0.1) is 12.6 Å². The van der Waals surface area contributed by atoms with Crippen LogP contribution in [0.25, 0.3) is 0 Å². The molecule has 0 bridgehead atoms. The normalized spacial score (nSPS) is 39.6. The Morgan fingerprint density at radius 1 is 1.54 bits per heavy atom. The number of rotatable bonds is 4. The van der Waals surface area contributed by atoms with Crippen LogP contribution in [0, 0.1) is 0 Å². The SMILES string of the molecule is B[C@@H]1O[C@H](COC)[C@H](O)[C@@H]1OCC. The van der Waals surface area contributed by atoms with Crippen LogP contribution in [-0.4, -0.2) is 57.6 Å². The molecule has 0 aromatic heterocycles. The zero-order valence-corrected chi connectivity index (χ0v) is 8.40. The van der Waals surface area contributed by atoms with Gasteiger partial charge in [-0.25, -0.2) is 0 Å². The summed E-state index contributed by atoms with van der Waals surface area (Å²) in [5.74, 6) is 0. The summed E-state index contributed by atoms with van der Waals surface area (Å²) in [5, 5.41) is 9.75. The molecule has 4 atom stereocenters. The van der Waals surface area contributed by atoms with Crippen LogP contribution in [0.4, 0.5) is 0 Å². The van der Waals surface area contributed by atoms with E-state index in [1.807, 2.05) is 14.8 Å². The molecule has 0 aromatic carbocycles. The van der Waals surface area contributed by atoms with Gasteiger partial charge in [0.25, 0.3) is 0 Å². The first kappa shape index (κ1) is 11.0. The number of aliphatic hydroxyl groups excluding tert-OH is 1. The molecule has 0 spiro atoms. The quantitative estimate of drug-likeness (QED) is 0.560. The number of aliphatic hydroxyl groups is 1. The van der Waals surface area contributed by atoms with Crippen molar-refractivity contribution in [2.75, 3.05) is 20.3 Å². The molecule has 0 amide bonds.